The Balaban J connectivity index is 1.67. The van der Waals surface area contributed by atoms with Gasteiger partial charge in [0.1, 0.15) is 6.61 Å². The SMILES string of the molecule is O=C(CCOCC(F)F)N1CC2CCCNC2C1. The fourth-order valence-electron chi connectivity index (χ4n) is 2.74. The molecule has 2 rings (SSSR count). The number of carbonyl (C=O) groups is 1. The minimum Gasteiger partial charge on any atom is -0.375 e. The number of amides is 1. The van der Waals surface area contributed by atoms with Crippen LogP contribution in [0.5, 0.6) is 0 Å². The van der Waals surface area contributed by atoms with Crippen molar-refractivity contribution in [3.63, 3.8) is 0 Å². The molecule has 2 unspecified atom stereocenters. The summed E-state index contributed by atoms with van der Waals surface area (Å²) in [5.74, 6) is 0.574. The second-order valence-corrected chi connectivity index (χ2v) is 4.98. The van der Waals surface area contributed by atoms with E-state index in [0.29, 0.717) is 12.0 Å². The number of nitrogens with one attached hydrogen (secondary N) is 1. The first-order chi connectivity index (χ1) is 8.66. The van der Waals surface area contributed by atoms with Crippen molar-refractivity contribution < 1.29 is 18.3 Å². The molecule has 0 aromatic heterocycles. The average Bonchev–Trinajstić information content (AvgIpc) is 2.78. The smallest absolute Gasteiger partial charge is 0.261 e. The van der Waals surface area contributed by atoms with Gasteiger partial charge in [-0.3, -0.25) is 4.79 Å². The summed E-state index contributed by atoms with van der Waals surface area (Å²) in [6, 6.07) is 0.421. The van der Waals surface area contributed by atoms with Gasteiger partial charge in [-0.1, -0.05) is 0 Å². The Morgan fingerprint density at radius 1 is 1.44 bits per heavy atom. The van der Waals surface area contributed by atoms with Crippen LogP contribution in [0.2, 0.25) is 0 Å². The third-order valence-corrected chi connectivity index (χ3v) is 3.66. The van der Waals surface area contributed by atoms with Crippen LogP contribution < -0.4 is 5.32 Å². The molecule has 2 atom stereocenters. The lowest BCUT2D eigenvalue weighted by Gasteiger charge is -2.24. The third kappa shape index (κ3) is 3.62. The van der Waals surface area contributed by atoms with Gasteiger partial charge in [0.25, 0.3) is 6.43 Å². The van der Waals surface area contributed by atoms with E-state index >= 15 is 0 Å². The number of hydrogen-bond acceptors (Lipinski definition) is 3. The fraction of sp³-hybridized carbons (Fsp3) is 0.917. The van der Waals surface area contributed by atoms with Gasteiger partial charge in [0.15, 0.2) is 0 Å². The number of likely N-dealkylation sites (tertiary alicyclic amines) is 1. The zero-order valence-electron chi connectivity index (χ0n) is 10.4. The molecule has 2 aliphatic heterocycles. The van der Waals surface area contributed by atoms with Gasteiger partial charge >= 0.3 is 0 Å². The van der Waals surface area contributed by atoms with Crippen LogP contribution in [0.4, 0.5) is 8.78 Å². The summed E-state index contributed by atoms with van der Waals surface area (Å²) in [5.41, 5.74) is 0. The molecule has 6 heteroatoms. The second-order valence-electron chi connectivity index (χ2n) is 4.98. The molecule has 0 spiro atoms. The van der Waals surface area contributed by atoms with Crippen LogP contribution >= 0.6 is 0 Å². The Kier molecular flexibility index (Phi) is 4.88. The largest absolute Gasteiger partial charge is 0.375 e. The summed E-state index contributed by atoms with van der Waals surface area (Å²) in [7, 11) is 0. The van der Waals surface area contributed by atoms with Gasteiger partial charge in [-0.2, -0.15) is 0 Å². The summed E-state index contributed by atoms with van der Waals surface area (Å²) < 4.78 is 28.4. The lowest BCUT2D eigenvalue weighted by molar-refractivity contribution is -0.131. The van der Waals surface area contributed by atoms with Crippen molar-refractivity contribution in [3.8, 4) is 0 Å². The third-order valence-electron chi connectivity index (χ3n) is 3.66. The number of carbonyl (C=O) groups excluding carboxylic acids is 1. The van der Waals surface area contributed by atoms with Gasteiger partial charge in [0.2, 0.25) is 5.91 Å². The molecule has 104 valence electrons. The molecule has 0 aromatic carbocycles. The molecule has 2 aliphatic rings. The van der Waals surface area contributed by atoms with Gasteiger partial charge in [0, 0.05) is 19.1 Å². The summed E-state index contributed by atoms with van der Waals surface area (Å²) in [6.07, 6.45) is 0.0786. The average molecular weight is 262 g/mol. The molecule has 1 amide bonds. The summed E-state index contributed by atoms with van der Waals surface area (Å²) >= 11 is 0. The molecule has 0 bridgehead atoms. The Morgan fingerprint density at radius 3 is 3.00 bits per heavy atom. The number of rotatable bonds is 5. The molecule has 18 heavy (non-hydrogen) atoms. The lowest BCUT2D eigenvalue weighted by Crippen LogP contribution is -2.41. The quantitative estimate of drug-likeness (QED) is 0.747. The van der Waals surface area contributed by atoms with Crippen LogP contribution in [-0.4, -0.2) is 56.1 Å². The highest BCUT2D eigenvalue weighted by Crippen LogP contribution is 2.25. The monoisotopic (exact) mass is 262 g/mol. The van der Waals surface area contributed by atoms with Crippen LogP contribution in [0.1, 0.15) is 19.3 Å². The molecule has 0 aliphatic carbocycles. The van der Waals surface area contributed by atoms with Crippen molar-refractivity contribution in [1.29, 1.82) is 0 Å². The molecular formula is C12H20F2N2O2. The van der Waals surface area contributed by atoms with Gasteiger partial charge in [-0.05, 0) is 25.3 Å². The van der Waals surface area contributed by atoms with Crippen molar-refractivity contribution in [2.24, 2.45) is 5.92 Å². The number of alkyl halides is 2. The first-order valence-corrected chi connectivity index (χ1v) is 6.54. The van der Waals surface area contributed by atoms with Gasteiger partial charge in [0.05, 0.1) is 13.0 Å². The maximum absolute atomic E-state index is 11.9. The molecule has 4 nitrogen and oxygen atoms in total. The molecule has 1 N–H and O–H groups in total. The van der Waals surface area contributed by atoms with Crippen molar-refractivity contribution in [1.82, 2.24) is 10.2 Å². The first kappa shape index (κ1) is 13.7. The van der Waals surface area contributed by atoms with E-state index in [1.165, 1.54) is 12.8 Å². The molecule has 2 fully saturated rings. The zero-order chi connectivity index (χ0) is 13.0. The van der Waals surface area contributed by atoms with E-state index in [-0.39, 0.29) is 18.9 Å². The van der Waals surface area contributed by atoms with E-state index in [4.69, 9.17) is 4.74 Å². The second kappa shape index (κ2) is 6.43. The lowest BCUT2D eigenvalue weighted by atomic mass is 9.94. The minimum absolute atomic E-state index is 0.0143. The van der Waals surface area contributed by atoms with Crippen molar-refractivity contribution in [2.75, 3.05) is 32.8 Å². The van der Waals surface area contributed by atoms with Crippen molar-refractivity contribution in [2.45, 2.75) is 31.7 Å². The standard InChI is InChI=1S/C12H20F2N2O2/c13-11(14)8-18-5-3-12(17)16-6-9-2-1-4-15-10(9)7-16/h9-11,15H,1-8H2. The van der Waals surface area contributed by atoms with E-state index in [0.717, 1.165) is 19.6 Å². The Labute approximate surface area is 106 Å². The first-order valence-electron chi connectivity index (χ1n) is 6.54. The number of hydrogen-bond donors (Lipinski definition) is 1. The number of halogens is 2. The van der Waals surface area contributed by atoms with Crippen LogP contribution in [0.3, 0.4) is 0 Å². The highest BCUT2D eigenvalue weighted by Gasteiger charge is 2.35. The maximum atomic E-state index is 11.9. The van der Waals surface area contributed by atoms with Crippen molar-refractivity contribution in [3.05, 3.63) is 0 Å². The van der Waals surface area contributed by atoms with E-state index in [1.54, 1.807) is 0 Å². The van der Waals surface area contributed by atoms with Crippen molar-refractivity contribution >= 4 is 5.91 Å². The number of piperidine rings is 1. The molecular weight excluding hydrogens is 242 g/mol. The predicted molar refractivity (Wildman–Crippen MR) is 62.5 cm³/mol. The fourth-order valence-corrected chi connectivity index (χ4v) is 2.74. The molecule has 2 saturated heterocycles. The highest BCUT2D eigenvalue weighted by atomic mass is 19.3. The maximum Gasteiger partial charge on any atom is 0.261 e. The number of ether oxygens (including phenoxy) is 1. The summed E-state index contributed by atoms with van der Waals surface area (Å²) in [5, 5.41) is 3.42. The Bertz CT molecular complexity index is 275. The van der Waals surface area contributed by atoms with Crippen LogP contribution in [0, 0.1) is 5.92 Å². The van der Waals surface area contributed by atoms with Crippen LogP contribution in [-0.2, 0) is 9.53 Å². The Hall–Kier alpha value is -0.750. The van der Waals surface area contributed by atoms with E-state index in [9.17, 15) is 13.6 Å². The predicted octanol–water partition coefficient (Wildman–Crippen LogP) is 0.869. The Morgan fingerprint density at radius 2 is 2.28 bits per heavy atom. The van der Waals surface area contributed by atoms with E-state index < -0.39 is 13.0 Å². The molecule has 0 aromatic rings. The van der Waals surface area contributed by atoms with E-state index in [2.05, 4.69) is 5.32 Å². The van der Waals surface area contributed by atoms with Crippen LogP contribution in [0.15, 0.2) is 0 Å². The summed E-state index contributed by atoms with van der Waals surface area (Å²) in [6.45, 7) is 2.08. The number of fused-ring (bicyclic) bond motifs is 1. The molecule has 2 heterocycles. The topological polar surface area (TPSA) is 41.6 Å². The molecule has 0 saturated carbocycles. The molecule has 0 radical (unpaired) electrons. The normalized spacial score (nSPS) is 27.6. The van der Waals surface area contributed by atoms with Gasteiger partial charge in [-0.25, -0.2) is 8.78 Å². The van der Waals surface area contributed by atoms with Crippen LogP contribution in [0.25, 0.3) is 0 Å². The highest BCUT2D eigenvalue weighted by molar-refractivity contribution is 5.76. The van der Waals surface area contributed by atoms with E-state index in [1.807, 2.05) is 4.90 Å². The zero-order valence-corrected chi connectivity index (χ0v) is 10.4. The summed E-state index contributed by atoms with van der Waals surface area (Å²) in [4.78, 5) is 13.7. The van der Waals surface area contributed by atoms with Gasteiger partial charge < -0.3 is 15.0 Å². The minimum atomic E-state index is -2.46. The van der Waals surface area contributed by atoms with Gasteiger partial charge in [-0.15, -0.1) is 0 Å². The number of nitrogens with zero attached hydrogens (tertiary/aromatic N) is 1.